The molecule has 1 saturated heterocycles. The average Bonchev–Trinajstić information content (AvgIpc) is 3.19. The zero-order chi connectivity index (χ0) is 19.5. The van der Waals surface area contributed by atoms with Crippen molar-refractivity contribution in [3.8, 4) is 0 Å². The van der Waals surface area contributed by atoms with Gasteiger partial charge in [-0.2, -0.15) is 0 Å². The highest BCUT2D eigenvalue weighted by Crippen LogP contribution is 2.08. The van der Waals surface area contributed by atoms with Crippen molar-refractivity contribution < 1.29 is 4.79 Å². The van der Waals surface area contributed by atoms with Crippen molar-refractivity contribution in [2.24, 2.45) is 4.99 Å². The zero-order valence-electron chi connectivity index (χ0n) is 17.1. The van der Waals surface area contributed by atoms with Crippen LogP contribution in [-0.4, -0.2) is 75.5 Å². The molecule has 1 aliphatic heterocycles. The van der Waals surface area contributed by atoms with E-state index in [-0.39, 0.29) is 5.91 Å². The summed E-state index contributed by atoms with van der Waals surface area (Å²) < 4.78 is 0. The molecule has 0 spiro atoms. The Morgan fingerprint density at radius 2 is 1.89 bits per heavy atom. The monoisotopic (exact) mass is 373 g/mol. The number of likely N-dealkylation sites (tertiary alicyclic amines) is 1. The summed E-state index contributed by atoms with van der Waals surface area (Å²) >= 11 is 0. The van der Waals surface area contributed by atoms with Crippen molar-refractivity contribution in [1.29, 1.82) is 0 Å². The van der Waals surface area contributed by atoms with Crippen LogP contribution in [0.1, 0.15) is 41.6 Å². The molecule has 27 heavy (non-hydrogen) atoms. The number of carbonyl (C=O) groups is 1. The molecule has 1 aromatic rings. The van der Waals surface area contributed by atoms with E-state index in [9.17, 15) is 4.79 Å². The van der Waals surface area contributed by atoms with E-state index in [1.807, 2.05) is 18.2 Å². The summed E-state index contributed by atoms with van der Waals surface area (Å²) in [5.41, 5.74) is 1.88. The summed E-state index contributed by atoms with van der Waals surface area (Å²) in [6, 6.07) is 7.84. The quantitative estimate of drug-likeness (QED) is 0.395. The van der Waals surface area contributed by atoms with Crippen LogP contribution >= 0.6 is 0 Å². The standard InChI is InChI=1S/C21H35N5O/c1-22-21(23-12-4-5-14-26-15-6-7-16-26)24-13-11-18-9-8-10-19(17-18)20(27)25(2)3/h8-10,17H,4-7,11-16H2,1-3H3,(H2,22,23,24). The van der Waals surface area contributed by atoms with Crippen LogP contribution in [0.4, 0.5) is 0 Å². The highest BCUT2D eigenvalue weighted by Gasteiger charge is 2.10. The van der Waals surface area contributed by atoms with Crippen LogP contribution in [0.3, 0.4) is 0 Å². The number of hydrogen-bond acceptors (Lipinski definition) is 3. The van der Waals surface area contributed by atoms with Crippen LogP contribution in [-0.2, 0) is 6.42 Å². The number of hydrogen-bond donors (Lipinski definition) is 2. The van der Waals surface area contributed by atoms with Gasteiger partial charge >= 0.3 is 0 Å². The van der Waals surface area contributed by atoms with Crippen LogP contribution in [0.15, 0.2) is 29.3 Å². The lowest BCUT2D eigenvalue weighted by atomic mass is 10.1. The third-order valence-corrected chi connectivity index (χ3v) is 4.90. The van der Waals surface area contributed by atoms with Crippen molar-refractivity contribution in [2.75, 3.05) is 53.9 Å². The first kappa shape index (κ1) is 21.2. The van der Waals surface area contributed by atoms with E-state index in [1.165, 1.54) is 38.9 Å². The fraction of sp³-hybridized carbons (Fsp3) is 0.619. The van der Waals surface area contributed by atoms with E-state index in [0.29, 0.717) is 0 Å². The Bertz CT molecular complexity index is 608. The number of aliphatic imine (C=N–C) groups is 1. The molecule has 0 bridgehead atoms. The summed E-state index contributed by atoms with van der Waals surface area (Å²) in [4.78, 5) is 20.5. The van der Waals surface area contributed by atoms with Gasteiger partial charge in [-0.15, -0.1) is 0 Å². The van der Waals surface area contributed by atoms with E-state index < -0.39 is 0 Å². The number of benzene rings is 1. The summed E-state index contributed by atoms with van der Waals surface area (Å²) in [5, 5.41) is 6.74. The van der Waals surface area contributed by atoms with Gasteiger partial charge in [0.05, 0.1) is 0 Å². The molecular formula is C21H35N5O. The number of amides is 1. The van der Waals surface area contributed by atoms with Crippen LogP contribution in [0.25, 0.3) is 0 Å². The second-order valence-electron chi connectivity index (χ2n) is 7.33. The second-order valence-corrected chi connectivity index (χ2v) is 7.33. The molecule has 0 aromatic heterocycles. The van der Waals surface area contributed by atoms with Crippen LogP contribution < -0.4 is 10.6 Å². The molecule has 1 heterocycles. The Hall–Kier alpha value is -2.08. The molecule has 0 unspecified atom stereocenters. The average molecular weight is 374 g/mol. The molecule has 0 aliphatic carbocycles. The Balaban J connectivity index is 1.64. The third-order valence-electron chi connectivity index (χ3n) is 4.90. The van der Waals surface area contributed by atoms with Gasteiger partial charge in [0.15, 0.2) is 5.96 Å². The van der Waals surface area contributed by atoms with Crippen molar-refractivity contribution >= 4 is 11.9 Å². The second kappa shape index (κ2) is 11.6. The number of nitrogens with one attached hydrogen (secondary N) is 2. The van der Waals surface area contributed by atoms with Gasteiger partial charge in [-0.3, -0.25) is 9.79 Å². The Morgan fingerprint density at radius 3 is 2.59 bits per heavy atom. The highest BCUT2D eigenvalue weighted by atomic mass is 16.2. The number of carbonyl (C=O) groups excluding carboxylic acids is 1. The fourth-order valence-corrected chi connectivity index (χ4v) is 3.34. The first-order valence-electron chi connectivity index (χ1n) is 10.1. The maximum atomic E-state index is 12.1. The van der Waals surface area contributed by atoms with Crippen LogP contribution in [0, 0.1) is 0 Å². The Kier molecular flexibility index (Phi) is 9.11. The maximum Gasteiger partial charge on any atom is 0.253 e. The Morgan fingerprint density at radius 1 is 1.15 bits per heavy atom. The maximum absolute atomic E-state index is 12.1. The number of nitrogens with zero attached hydrogens (tertiary/aromatic N) is 3. The summed E-state index contributed by atoms with van der Waals surface area (Å²) in [6.45, 7) is 5.50. The van der Waals surface area contributed by atoms with Gasteiger partial charge < -0.3 is 20.4 Å². The molecule has 6 nitrogen and oxygen atoms in total. The molecule has 150 valence electrons. The topological polar surface area (TPSA) is 60.0 Å². The van der Waals surface area contributed by atoms with Gasteiger partial charge in [0.2, 0.25) is 0 Å². The van der Waals surface area contributed by atoms with Gasteiger partial charge in [-0.25, -0.2) is 0 Å². The molecule has 1 fully saturated rings. The first-order chi connectivity index (χ1) is 13.1. The molecule has 2 rings (SSSR count). The van der Waals surface area contributed by atoms with Crippen LogP contribution in [0.5, 0.6) is 0 Å². The summed E-state index contributed by atoms with van der Waals surface area (Å²) in [5.74, 6) is 0.882. The molecule has 6 heteroatoms. The Labute approximate surface area is 164 Å². The summed E-state index contributed by atoms with van der Waals surface area (Å²) in [7, 11) is 5.35. The third kappa shape index (κ3) is 7.59. The normalized spacial score (nSPS) is 15.0. The van der Waals surface area contributed by atoms with E-state index in [2.05, 4.69) is 26.6 Å². The lowest BCUT2D eigenvalue weighted by molar-refractivity contribution is 0.0827. The van der Waals surface area contributed by atoms with Gasteiger partial charge in [0.25, 0.3) is 5.91 Å². The van der Waals surface area contributed by atoms with Gasteiger partial charge in [0.1, 0.15) is 0 Å². The minimum Gasteiger partial charge on any atom is -0.356 e. The molecular weight excluding hydrogens is 338 g/mol. The number of guanidine groups is 1. The number of unbranched alkanes of at least 4 members (excludes halogenated alkanes) is 1. The molecule has 0 radical (unpaired) electrons. The largest absolute Gasteiger partial charge is 0.356 e. The lowest BCUT2D eigenvalue weighted by Crippen LogP contribution is -2.38. The van der Waals surface area contributed by atoms with E-state index >= 15 is 0 Å². The molecule has 0 atom stereocenters. The lowest BCUT2D eigenvalue weighted by Gasteiger charge is -2.15. The van der Waals surface area contributed by atoms with E-state index in [0.717, 1.165) is 43.0 Å². The van der Waals surface area contributed by atoms with Gasteiger partial charge in [-0.05, 0) is 69.4 Å². The van der Waals surface area contributed by atoms with Crippen LogP contribution in [0.2, 0.25) is 0 Å². The molecule has 1 aliphatic rings. The van der Waals surface area contributed by atoms with E-state index in [4.69, 9.17) is 0 Å². The molecule has 2 N–H and O–H groups in total. The smallest absolute Gasteiger partial charge is 0.253 e. The first-order valence-corrected chi connectivity index (χ1v) is 10.1. The minimum absolute atomic E-state index is 0.0382. The predicted octanol–water partition coefficient (Wildman–Crippen LogP) is 1.97. The molecule has 1 aromatic carbocycles. The fourth-order valence-electron chi connectivity index (χ4n) is 3.34. The van der Waals surface area contributed by atoms with Gasteiger partial charge in [-0.1, -0.05) is 12.1 Å². The number of rotatable bonds is 9. The SMILES string of the molecule is CN=C(NCCCCN1CCCC1)NCCc1cccc(C(=O)N(C)C)c1. The summed E-state index contributed by atoms with van der Waals surface area (Å²) in [6.07, 6.45) is 5.97. The van der Waals surface area contributed by atoms with E-state index in [1.54, 1.807) is 26.0 Å². The van der Waals surface area contributed by atoms with Crippen molar-refractivity contribution in [3.05, 3.63) is 35.4 Å². The van der Waals surface area contributed by atoms with Crippen molar-refractivity contribution in [1.82, 2.24) is 20.4 Å². The zero-order valence-corrected chi connectivity index (χ0v) is 17.1. The van der Waals surface area contributed by atoms with Crippen molar-refractivity contribution in [3.63, 3.8) is 0 Å². The highest BCUT2D eigenvalue weighted by molar-refractivity contribution is 5.94. The minimum atomic E-state index is 0.0382. The predicted molar refractivity (Wildman–Crippen MR) is 112 cm³/mol. The van der Waals surface area contributed by atoms with Gasteiger partial charge in [0, 0.05) is 39.8 Å². The molecule has 1 amide bonds. The van der Waals surface area contributed by atoms with Crippen molar-refractivity contribution in [2.45, 2.75) is 32.1 Å². The molecule has 0 saturated carbocycles.